The summed E-state index contributed by atoms with van der Waals surface area (Å²) in [5.74, 6) is 1.03. The Labute approximate surface area is 89.9 Å². The smallest absolute Gasteiger partial charge is 0.129 e. The molecule has 74 valence electrons. The summed E-state index contributed by atoms with van der Waals surface area (Å²) >= 11 is 0. The first-order valence-electron chi connectivity index (χ1n) is 3.82. The van der Waals surface area contributed by atoms with Crippen LogP contribution in [-0.4, -0.2) is 11.5 Å². The summed E-state index contributed by atoms with van der Waals surface area (Å²) in [5, 5.41) is 3.20. The molecule has 3 N–H and O–H groups in total. The molecule has 2 heterocycles. The fraction of sp³-hybridized carbons (Fsp3) is 0.375. The van der Waals surface area contributed by atoms with E-state index in [1.165, 1.54) is 5.56 Å². The molecule has 1 aliphatic rings. The summed E-state index contributed by atoms with van der Waals surface area (Å²) in [6.07, 6.45) is 2.91. The Balaban J connectivity index is 0.000000720. The highest BCUT2D eigenvalue weighted by Crippen LogP contribution is 2.19. The molecule has 0 unspecified atom stereocenters. The molecule has 0 saturated heterocycles. The molecule has 0 radical (unpaired) electrons. The van der Waals surface area contributed by atoms with Crippen LogP contribution in [0.15, 0.2) is 12.3 Å². The predicted molar refractivity (Wildman–Crippen MR) is 58.8 cm³/mol. The third kappa shape index (κ3) is 2.46. The van der Waals surface area contributed by atoms with Crippen LogP contribution in [0, 0.1) is 0 Å². The molecule has 0 spiro atoms. The minimum absolute atomic E-state index is 0. The van der Waals surface area contributed by atoms with Crippen molar-refractivity contribution in [1.29, 1.82) is 0 Å². The van der Waals surface area contributed by atoms with Crippen LogP contribution in [0.5, 0.6) is 0 Å². The molecule has 5 heteroatoms. The van der Waals surface area contributed by atoms with Crippen molar-refractivity contribution in [1.82, 2.24) is 4.98 Å². The first-order valence-corrected chi connectivity index (χ1v) is 3.82. The molecule has 0 aliphatic carbocycles. The van der Waals surface area contributed by atoms with E-state index in [1.54, 1.807) is 0 Å². The Morgan fingerprint density at radius 3 is 2.92 bits per heavy atom. The Kier molecular flexibility index (Phi) is 5.06. The first-order chi connectivity index (χ1) is 5.40. The van der Waals surface area contributed by atoms with Crippen molar-refractivity contribution in [3.05, 3.63) is 23.4 Å². The maximum Gasteiger partial charge on any atom is 0.129 e. The van der Waals surface area contributed by atoms with Gasteiger partial charge in [-0.3, -0.25) is 0 Å². The quantitative estimate of drug-likeness (QED) is 0.754. The average Bonchev–Trinajstić information content (AvgIpc) is 2.50. The minimum atomic E-state index is 0. The monoisotopic (exact) mass is 221 g/mol. The zero-order chi connectivity index (χ0) is 7.68. The van der Waals surface area contributed by atoms with Crippen molar-refractivity contribution in [2.45, 2.75) is 13.0 Å². The molecular weight excluding hydrogens is 209 g/mol. The molecule has 1 aromatic rings. The highest BCUT2D eigenvalue weighted by Gasteiger charge is 2.10. The van der Waals surface area contributed by atoms with Crippen LogP contribution in [0.2, 0.25) is 0 Å². The first kappa shape index (κ1) is 12.5. The van der Waals surface area contributed by atoms with Crippen LogP contribution in [0.1, 0.15) is 11.1 Å². The lowest BCUT2D eigenvalue weighted by molar-refractivity contribution is 1.04. The van der Waals surface area contributed by atoms with Crippen LogP contribution >= 0.6 is 24.8 Å². The molecule has 0 bridgehead atoms. The lowest BCUT2D eigenvalue weighted by Gasteiger charge is -1.99. The molecule has 0 atom stereocenters. The van der Waals surface area contributed by atoms with Crippen molar-refractivity contribution < 1.29 is 0 Å². The predicted octanol–water partition coefficient (Wildman–Crippen LogP) is 1.35. The molecule has 2 rings (SSSR count). The summed E-state index contributed by atoms with van der Waals surface area (Å²) in [4.78, 5) is 4.24. The highest BCUT2D eigenvalue weighted by molar-refractivity contribution is 5.85. The maximum absolute atomic E-state index is 5.48. The third-order valence-electron chi connectivity index (χ3n) is 1.95. The number of nitrogens with zero attached hydrogens (tertiary/aromatic N) is 1. The number of pyridine rings is 1. The van der Waals surface area contributed by atoms with Gasteiger partial charge in [0.05, 0.1) is 0 Å². The third-order valence-corrected chi connectivity index (χ3v) is 1.95. The van der Waals surface area contributed by atoms with E-state index in [1.807, 2.05) is 6.20 Å². The number of nitrogens with two attached hydrogens (primary N) is 1. The maximum atomic E-state index is 5.48. The lowest BCUT2D eigenvalue weighted by atomic mass is 10.2. The van der Waals surface area contributed by atoms with Gasteiger partial charge in [0.25, 0.3) is 0 Å². The Hall–Kier alpha value is -0.510. The van der Waals surface area contributed by atoms with E-state index in [4.69, 9.17) is 5.73 Å². The van der Waals surface area contributed by atoms with Crippen LogP contribution in [0.4, 0.5) is 5.82 Å². The van der Waals surface area contributed by atoms with E-state index >= 15 is 0 Å². The van der Waals surface area contributed by atoms with Gasteiger partial charge in [0.15, 0.2) is 0 Å². The van der Waals surface area contributed by atoms with E-state index in [2.05, 4.69) is 16.4 Å². The van der Waals surface area contributed by atoms with Crippen molar-refractivity contribution in [3.63, 3.8) is 0 Å². The van der Waals surface area contributed by atoms with Crippen LogP contribution < -0.4 is 11.1 Å². The second kappa shape index (κ2) is 5.27. The minimum Gasteiger partial charge on any atom is -0.370 e. The van der Waals surface area contributed by atoms with Crippen LogP contribution in [0.3, 0.4) is 0 Å². The van der Waals surface area contributed by atoms with Gasteiger partial charge in [-0.15, -0.1) is 24.8 Å². The van der Waals surface area contributed by atoms with Gasteiger partial charge in [0, 0.05) is 19.3 Å². The average molecular weight is 222 g/mol. The normalized spacial score (nSPS) is 12.1. The number of fused-ring (bicyclic) bond motifs is 1. The molecule has 0 aromatic carbocycles. The summed E-state index contributed by atoms with van der Waals surface area (Å²) in [7, 11) is 0. The van der Waals surface area contributed by atoms with Gasteiger partial charge in [-0.2, -0.15) is 0 Å². The number of hydrogen-bond donors (Lipinski definition) is 2. The number of aromatic nitrogens is 1. The van der Waals surface area contributed by atoms with Crippen LogP contribution in [0.25, 0.3) is 0 Å². The number of hydrogen-bond acceptors (Lipinski definition) is 3. The Bertz CT molecular complexity index is 278. The summed E-state index contributed by atoms with van der Waals surface area (Å²) in [6, 6.07) is 2.13. The number of rotatable bonds is 1. The highest BCUT2D eigenvalue weighted by atomic mass is 35.5. The zero-order valence-corrected chi connectivity index (χ0v) is 8.75. The summed E-state index contributed by atoms with van der Waals surface area (Å²) in [5.41, 5.74) is 7.90. The number of nitrogens with one attached hydrogen (secondary N) is 1. The standard InChI is InChI=1S/C8H11N3.2ClH/c9-4-6-3-7-1-2-10-8(7)11-5-6;;/h3,5H,1-2,4,9H2,(H,10,11);2*1H. The molecule has 1 aliphatic heterocycles. The fourth-order valence-electron chi connectivity index (χ4n) is 1.34. The zero-order valence-electron chi connectivity index (χ0n) is 7.12. The van der Waals surface area contributed by atoms with Crippen molar-refractivity contribution >= 4 is 30.6 Å². The van der Waals surface area contributed by atoms with Crippen molar-refractivity contribution in [3.8, 4) is 0 Å². The molecule has 1 aromatic heterocycles. The largest absolute Gasteiger partial charge is 0.370 e. The second-order valence-electron chi connectivity index (χ2n) is 2.73. The molecule has 0 amide bonds. The van der Waals surface area contributed by atoms with Gasteiger partial charge in [0.1, 0.15) is 5.82 Å². The van der Waals surface area contributed by atoms with Gasteiger partial charge in [-0.05, 0) is 23.6 Å². The van der Waals surface area contributed by atoms with E-state index in [-0.39, 0.29) is 24.8 Å². The van der Waals surface area contributed by atoms with E-state index < -0.39 is 0 Å². The molecular formula is C8H13Cl2N3. The van der Waals surface area contributed by atoms with E-state index in [0.29, 0.717) is 6.54 Å². The second-order valence-corrected chi connectivity index (χ2v) is 2.73. The number of anilines is 1. The van der Waals surface area contributed by atoms with Gasteiger partial charge in [-0.1, -0.05) is 0 Å². The topological polar surface area (TPSA) is 50.9 Å². The summed E-state index contributed by atoms with van der Waals surface area (Å²) < 4.78 is 0. The number of halogens is 2. The van der Waals surface area contributed by atoms with E-state index in [0.717, 1.165) is 24.3 Å². The van der Waals surface area contributed by atoms with Gasteiger partial charge in [-0.25, -0.2) is 4.98 Å². The Morgan fingerprint density at radius 2 is 2.23 bits per heavy atom. The molecule has 0 saturated carbocycles. The Morgan fingerprint density at radius 1 is 1.46 bits per heavy atom. The fourth-order valence-corrected chi connectivity index (χ4v) is 1.34. The molecule has 3 nitrogen and oxygen atoms in total. The van der Waals surface area contributed by atoms with Crippen molar-refractivity contribution in [2.75, 3.05) is 11.9 Å². The van der Waals surface area contributed by atoms with Gasteiger partial charge in [0.2, 0.25) is 0 Å². The molecule has 13 heavy (non-hydrogen) atoms. The van der Waals surface area contributed by atoms with Crippen LogP contribution in [-0.2, 0) is 13.0 Å². The summed E-state index contributed by atoms with van der Waals surface area (Å²) in [6.45, 7) is 1.59. The SMILES string of the molecule is Cl.Cl.NCc1cnc2c(c1)CCN2. The van der Waals surface area contributed by atoms with Gasteiger partial charge < -0.3 is 11.1 Å². The molecule has 0 fully saturated rings. The van der Waals surface area contributed by atoms with Crippen molar-refractivity contribution in [2.24, 2.45) is 5.73 Å². The van der Waals surface area contributed by atoms with E-state index in [9.17, 15) is 0 Å². The van der Waals surface area contributed by atoms with Gasteiger partial charge >= 0.3 is 0 Å². The lowest BCUT2D eigenvalue weighted by Crippen LogP contribution is -1.98.